The van der Waals surface area contributed by atoms with Gasteiger partial charge in [-0.3, -0.25) is 0 Å². The molecule has 0 aliphatic heterocycles. The first-order valence-corrected chi connectivity index (χ1v) is 5.72. The van der Waals surface area contributed by atoms with Crippen LogP contribution in [0.3, 0.4) is 0 Å². The molecular formula is C12H18O4. The van der Waals surface area contributed by atoms with Crippen LogP contribution in [0.15, 0.2) is 12.2 Å². The summed E-state index contributed by atoms with van der Waals surface area (Å²) >= 11 is 0. The van der Waals surface area contributed by atoms with Crippen LogP contribution in [0.25, 0.3) is 0 Å². The van der Waals surface area contributed by atoms with Gasteiger partial charge in [0.05, 0.1) is 6.61 Å². The van der Waals surface area contributed by atoms with Crippen LogP contribution >= 0.6 is 0 Å². The standard InChI is InChI=1S/C12H18O4/c1-3-15-11(13)9(2)12(14)16-10-7-5-4-6-8-10/h10H,2-8H2,1H3. The Hall–Kier alpha value is -1.32. The van der Waals surface area contributed by atoms with Crippen LogP contribution in [0, 0.1) is 0 Å². The van der Waals surface area contributed by atoms with Crippen molar-refractivity contribution in [3.63, 3.8) is 0 Å². The lowest BCUT2D eigenvalue weighted by atomic mass is 9.98. The zero-order valence-corrected chi connectivity index (χ0v) is 9.66. The third kappa shape index (κ3) is 3.68. The Morgan fingerprint density at radius 1 is 1.19 bits per heavy atom. The van der Waals surface area contributed by atoms with Gasteiger partial charge in [0.1, 0.15) is 11.7 Å². The van der Waals surface area contributed by atoms with E-state index in [-0.39, 0.29) is 18.3 Å². The van der Waals surface area contributed by atoms with Crippen LogP contribution in [-0.2, 0) is 19.1 Å². The zero-order chi connectivity index (χ0) is 12.0. The second kappa shape index (κ2) is 6.30. The van der Waals surface area contributed by atoms with Crippen LogP contribution in [-0.4, -0.2) is 24.6 Å². The maximum atomic E-state index is 11.5. The van der Waals surface area contributed by atoms with Crippen LogP contribution in [0.2, 0.25) is 0 Å². The fourth-order valence-electron chi connectivity index (χ4n) is 1.71. The van der Waals surface area contributed by atoms with Gasteiger partial charge in [0.15, 0.2) is 0 Å². The molecule has 16 heavy (non-hydrogen) atoms. The number of esters is 2. The fraction of sp³-hybridized carbons (Fsp3) is 0.667. The van der Waals surface area contributed by atoms with Gasteiger partial charge in [0.25, 0.3) is 0 Å². The smallest absolute Gasteiger partial charge is 0.345 e. The van der Waals surface area contributed by atoms with Crippen LogP contribution in [0.1, 0.15) is 39.0 Å². The number of hydrogen-bond donors (Lipinski definition) is 0. The van der Waals surface area contributed by atoms with Crippen molar-refractivity contribution in [3.8, 4) is 0 Å². The van der Waals surface area contributed by atoms with Gasteiger partial charge in [-0.05, 0) is 32.6 Å². The summed E-state index contributed by atoms with van der Waals surface area (Å²) in [5, 5.41) is 0. The molecule has 0 unspecified atom stereocenters. The van der Waals surface area contributed by atoms with E-state index in [1.165, 1.54) is 6.42 Å². The Balaban J connectivity index is 2.38. The van der Waals surface area contributed by atoms with Gasteiger partial charge in [-0.15, -0.1) is 0 Å². The lowest BCUT2D eigenvalue weighted by Crippen LogP contribution is -2.24. The van der Waals surface area contributed by atoms with Crippen molar-refractivity contribution in [2.45, 2.75) is 45.1 Å². The van der Waals surface area contributed by atoms with E-state index in [1.54, 1.807) is 6.92 Å². The van der Waals surface area contributed by atoms with Gasteiger partial charge >= 0.3 is 11.9 Å². The summed E-state index contributed by atoms with van der Waals surface area (Å²) in [6.45, 7) is 5.30. The summed E-state index contributed by atoms with van der Waals surface area (Å²) in [7, 11) is 0. The molecule has 0 N–H and O–H groups in total. The molecule has 0 atom stereocenters. The number of carbonyl (C=O) groups is 2. The van der Waals surface area contributed by atoms with E-state index in [1.807, 2.05) is 0 Å². The third-order valence-electron chi connectivity index (χ3n) is 2.59. The van der Waals surface area contributed by atoms with Gasteiger partial charge in [-0.25, -0.2) is 9.59 Å². The number of ether oxygens (including phenoxy) is 2. The van der Waals surface area contributed by atoms with Crippen molar-refractivity contribution in [1.82, 2.24) is 0 Å². The van der Waals surface area contributed by atoms with Crippen molar-refractivity contribution in [3.05, 3.63) is 12.2 Å². The molecule has 0 aromatic carbocycles. The molecule has 0 heterocycles. The molecule has 1 fully saturated rings. The maximum absolute atomic E-state index is 11.5. The molecule has 0 aromatic heterocycles. The van der Waals surface area contributed by atoms with Gasteiger partial charge in [-0.2, -0.15) is 0 Å². The summed E-state index contributed by atoms with van der Waals surface area (Å²) in [5.41, 5.74) is -0.215. The van der Waals surface area contributed by atoms with E-state index in [0.717, 1.165) is 25.7 Å². The molecule has 1 saturated carbocycles. The predicted octanol–water partition coefficient (Wildman–Crippen LogP) is 1.98. The lowest BCUT2D eigenvalue weighted by molar-refractivity contribution is -0.151. The largest absolute Gasteiger partial charge is 0.462 e. The van der Waals surface area contributed by atoms with E-state index in [0.29, 0.717) is 0 Å². The molecule has 90 valence electrons. The van der Waals surface area contributed by atoms with E-state index >= 15 is 0 Å². The quantitative estimate of drug-likeness (QED) is 0.318. The third-order valence-corrected chi connectivity index (χ3v) is 2.59. The molecule has 1 rings (SSSR count). The maximum Gasteiger partial charge on any atom is 0.345 e. The Bertz CT molecular complexity index is 277. The minimum Gasteiger partial charge on any atom is -0.462 e. The zero-order valence-electron chi connectivity index (χ0n) is 9.66. The Labute approximate surface area is 95.6 Å². The minimum absolute atomic E-state index is 0.0626. The summed E-state index contributed by atoms with van der Waals surface area (Å²) in [5.74, 6) is -1.34. The molecule has 1 aliphatic carbocycles. The molecule has 0 saturated heterocycles. The Morgan fingerprint density at radius 3 is 2.38 bits per heavy atom. The molecule has 1 aliphatic rings. The first-order valence-electron chi connectivity index (χ1n) is 5.72. The summed E-state index contributed by atoms with van der Waals surface area (Å²) < 4.78 is 9.86. The van der Waals surface area contributed by atoms with E-state index in [2.05, 4.69) is 11.3 Å². The van der Waals surface area contributed by atoms with Gasteiger partial charge in [-0.1, -0.05) is 13.0 Å². The van der Waals surface area contributed by atoms with Gasteiger partial charge < -0.3 is 9.47 Å². The van der Waals surface area contributed by atoms with E-state index in [9.17, 15) is 9.59 Å². The fourth-order valence-corrected chi connectivity index (χ4v) is 1.71. The van der Waals surface area contributed by atoms with Gasteiger partial charge in [0.2, 0.25) is 0 Å². The number of rotatable bonds is 4. The molecular weight excluding hydrogens is 208 g/mol. The second-order valence-corrected chi connectivity index (χ2v) is 3.86. The summed E-state index contributed by atoms with van der Waals surface area (Å²) in [4.78, 5) is 22.7. The highest BCUT2D eigenvalue weighted by atomic mass is 16.6. The lowest BCUT2D eigenvalue weighted by Gasteiger charge is -2.21. The number of hydrogen-bond acceptors (Lipinski definition) is 4. The van der Waals surface area contributed by atoms with Crippen LogP contribution in [0.5, 0.6) is 0 Å². The first kappa shape index (κ1) is 12.7. The predicted molar refractivity (Wildman–Crippen MR) is 58.7 cm³/mol. The van der Waals surface area contributed by atoms with Crippen molar-refractivity contribution < 1.29 is 19.1 Å². The molecule has 0 amide bonds. The molecule has 4 nitrogen and oxygen atoms in total. The van der Waals surface area contributed by atoms with Crippen LogP contribution < -0.4 is 0 Å². The van der Waals surface area contributed by atoms with Crippen molar-refractivity contribution >= 4 is 11.9 Å². The second-order valence-electron chi connectivity index (χ2n) is 3.86. The highest BCUT2D eigenvalue weighted by Gasteiger charge is 2.23. The normalized spacial score (nSPS) is 16.6. The topological polar surface area (TPSA) is 52.6 Å². The molecule has 0 radical (unpaired) electrons. The average Bonchev–Trinajstić information content (AvgIpc) is 2.29. The molecule has 0 bridgehead atoms. The highest BCUT2D eigenvalue weighted by molar-refractivity contribution is 6.13. The van der Waals surface area contributed by atoms with E-state index in [4.69, 9.17) is 4.74 Å². The van der Waals surface area contributed by atoms with Crippen molar-refractivity contribution in [2.75, 3.05) is 6.61 Å². The Kier molecular flexibility index (Phi) is 5.02. The van der Waals surface area contributed by atoms with Crippen LogP contribution in [0.4, 0.5) is 0 Å². The Morgan fingerprint density at radius 2 is 1.81 bits per heavy atom. The van der Waals surface area contributed by atoms with Gasteiger partial charge in [0, 0.05) is 0 Å². The SMILES string of the molecule is C=C(C(=O)OCC)C(=O)OC1CCCCC1. The average molecular weight is 226 g/mol. The molecule has 0 aromatic rings. The summed E-state index contributed by atoms with van der Waals surface area (Å²) in [6.07, 6.45) is 5.02. The molecule has 0 spiro atoms. The molecule has 4 heteroatoms. The van der Waals surface area contributed by atoms with E-state index < -0.39 is 11.9 Å². The van der Waals surface area contributed by atoms with Crippen molar-refractivity contribution in [1.29, 1.82) is 0 Å². The monoisotopic (exact) mass is 226 g/mol. The highest BCUT2D eigenvalue weighted by Crippen LogP contribution is 2.21. The summed E-state index contributed by atoms with van der Waals surface area (Å²) in [6, 6.07) is 0. The first-order chi connectivity index (χ1) is 7.65. The van der Waals surface area contributed by atoms with Crippen molar-refractivity contribution in [2.24, 2.45) is 0 Å². The minimum atomic E-state index is -0.691. The number of carbonyl (C=O) groups excluding carboxylic acids is 2.